The molecule has 0 aliphatic heterocycles. The fourth-order valence-corrected chi connectivity index (χ4v) is 3.35. The van der Waals surface area contributed by atoms with Crippen molar-refractivity contribution in [2.75, 3.05) is 6.26 Å². The lowest BCUT2D eigenvalue weighted by atomic mass is 10.0. The summed E-state index contributed by atoms with van der Waals surface area (Å²) in [6.07, 6.45) is 2.00. The van der Waals surface area contributed by atoms with Gasteiger partial charge in [-0.3, -0.25) is 0 Å². The molecule has 1 unspecified atom stereocenters. The van der Waals surface area contributed by atoms with Crippen molar-refractivity contribution in [3.05, 3.63) is 35.4 Å². The number of hydrogen-bond donors (Lipinski definition) is 0. The highest BCUT2D eigenvalue weighted by Gasteiger charge is 2.37. The van der Waals surface area contributed by atoms with Crippen LogP contribution in [0.15, 0.2) is 24.3 Å². The zero-order chi connectivity index (χ0) is 13.3. The summed E-state index contributed by atoms with van der Waals surface area (Å²) < 4.78 is 22.7. The molecule has 0 amide bonds. The molecule has 17 heavy (non-hydrogen) atoms. The van der Waals surface area contributed by atoms with E-state index in [2.05, 4.69) is 15.9 Å². The van der Waals surface area contributed by atoms with Crippen LogP contribution in [0.2, 0.25) is 0 Å². The number of alkyl halides is 1. The highest BCUT2D eigenvalue weighted by atomic mass is 79.9. The fourth-order valence-electron chi connectivity index (χ4n) is 1.41. The molecule has 2 nitrogen and oxygen atoms in total. The Morgan fingerprint density at radius 2 is 1.71 bits per heavy atom. The normalized spacial score (nSPS) is 14.6. The number of benzene rings is 1. The average Bonchev–Trinajstić information content (AvgIpc) is 2.19. The van der Waals surface area contributed by atoms with Gasteiger partial charge < -0.3 is 0 Å². The van der Waals surface area contributed by atoms with E-state index in [0.29, 0.717) is 6.42 Å². The molecule has 0 saturated carbocycles. The monoisotopic (exact) mass is 318 g/mol. The first-order valence-corrected chi connectivity index (χ1v) is 8.34. The summed E-state index contributed by atoms with van der Waals surface area (Å²) in [4.78, 5) is -0.0901. The first-order chi connectivity index (χ1) is 7.64. The lowest BCUT2D eigenvalue weighted by Gasteiger charge is -2.28. The van der Waals surface area contributed by atoms with E-state index >= 15 is 0 Å². The molecule has 0 bridgehead atoms. The van der Waals surface area contributed by atoms with Crippen LogP contribution in [0.3, 0.4) is 0 Å². The van der Waals surface area contributed by atoms with Crippen LogP contribution < -0.4 is 0 Å². The van der Waals surface area contributed by atoms with Gasteiger partial charge in [-0.15, -0.1) is 0 Å². The Bertz CT molecular complexity index is 475. The third kappa shape index (κ3) is 3.55. The van der Waals surface area contributed by atoms with E-state index in [-0.39, 0.29) is 4.83 Å². The fraction of sp³-hybridized carbons (Fsp3) is 0.538. The lowest BCUT2D eigenvalue weighted by Crippen LogP contribution is -2.41. The molecule has 0 aliphatic carbocycles. The molecule has 0 saturated heterocycles. The number of sulfone groups is 1. The Morgan fingerprint density at radius 3 is 2.12 bits per heavy atom. The molecule has 1 rings (SSSR count). The van der Waals surface area contributed by atoms with Crippen LogP contribution in [0.5, 0.6) is 0 Å². The van der Waals surface area contributed by atoms with Crippen molar-refractivity contribution in [1.82, 2.24) is 0 Å². The van der Waals surface area contributed by atoms with Crippen LogP contribution in [0, 0.1) is 6.92 Å². The first kappa shape index (κ1) is 14.7. The van der Waals surface area contributed by atoms with Crippen molar-refractivity contribution in [2.24, 2.45) is 0 Å². The zero-order valence-electron chi connectivity index (χ0n) is 10.7. The molecule has 1 atom stereocenters. The Kier molecular flexibility index (Phi) is 4.42. The maximum atomic E-state index is 11.7. The predicted molar refractivity (Wildman–Crippen MR) is 76.5 cm³/mol. The van der Waals surface area contributed by atoms with Gasteiger partial charge in [-0.1, -0.05) is 45.8 Å². The van der Waals surface area contributed by atoms with Gasteiger partial charge in [0.2, 0.25) is 0 Å². The summed E-state index contributed by atoms with van der Waals surface area (Å²) in [5, 5.41) is 0. The van der Waals surface area contributed by atoms with E-state index in [1.165, 1.54) is 11.8 Å². The summed E-state index contributed by atoms with van der Waals surface area (Å²) in [7, 11) is -3.08. The summed E-state index contributed by atoms with van der Waals surface area (Å²) in [6, 6.07) is 8.18. The van der Waals surface area contributed by atoms with E-state index in [4.69, 9.17) is 0 Å². The van der Waals surface area contributed by atoms with Gasteiger partial charge in [0, 0.05) is 11.1 Å². The van der Waals surface area contributed by atoms with Crippen molar-refractivity contribution < 1.29 is 8.42 Å². The average molecular weight is 319 g/mol. The molecule has 0 radical (unpaired) electrons. The van der Waals surface area contributed by atoms with Gasteiger partial charge in [0.15, 0.2) is 9.84 Å². The molecule has 96 valence electrons. The van der Waals surface area contributed by atoms with Crippen LogP contribution in [-0.4, -0.2) is 24.2 Å². The minimum absolute atomic E-state index is 0.0901. The van der Waals surface area contributed by atoms with Gasteiger partial charge in [0.1, 0.15) is 0 Å². The molecule has 0 spiro atoms. The third-order valence-electron chi connectivity index (χ3n) is 3.25. The van der Waals surface area contributed by atoms with E-state index in [1.807, 2.05) is 31.2 Å². The number of rotatable bonds is 4. The summed E-state index contributed by atoms with van der Waals surface area (Å²) in [5.41, 5.74) is 2.36. The molecule has 0 fully saturated rings. The second-order valence-electron chi connectivity index (χ2n) is 5.03. The van der Waals surface area contributed by atoms with Gasteiger partial charge >= 0.3 is 0 Å². The molecular weight excluding hydrogens is 300 g/mol. The summed E-state index contributed by atoms with van der Waals surface area (Å²) >= 11 is 3.51. The predicted octanol–water partition coefficient (Wildman–Crippen LogP) is 3.12. The number of aryl methyl sites for hydroxylation is 1. The minimum Gasteiger partial charge on any atom is -0.229 e. The van der Waals surface area contributed by atoms with Crippen molar-refractivity contribution >= 4 is 25.8 Å². The zero-order valence-corrected chi connectivity index (χ0v) is 13.1. The molecular formula is C13H19BrO2S. The topological polar surface area (TPSA) is 34.1 Å². The lowest BCUT2D eigenvalue weighted by molar-refractivity contribution is 0.542. The Balaban J connectivity index is 2.86. The van der Waals surface area contributed by atoms with E-state index in [9.17, 15) is 8.42 Å². The van der Waals surface area contributed by atoms with Crippen LogP contribution in [0.25, 0.3) is 0 Å². The first-order valence-electron chi connectivity index (χ1n) is 5.54. The van der Waals surface area contributed by atoms with Crippen molar-refractivity contribution in [3.63, 3.8) is 0 Å². The largest absolute Gasteiger partial charge is 0.229 e. The highest BCUT2D eigenvalue weighted by molar-refractivity contribution is 9.09. The molecule has 0 aromatic heterocycles. The summed E-state index contributed by atoms with van der Waals surface area (Å²) in [5.74, 6) is 0. The van der Waals surface area contributed by atoms with Crippen molar-refractivity contribution in [2.45, 2.75) is 36.8 Å². The number of hydrogen-bond acceptors (Lipinski definition) is 2. The molecule has 0 heterocycles. The van der Waals surface area contributed by atoms with Gasteiger partial charge in [-0.05, 0) is 32.8 Å². The van der Waals surface area contributed by atoms with Crippen LogP contribution in [0.4, 0.5) is 0 Å². The third-order valence-corrected chi connectivity index (χ3v) is 7.21. The van der Waals surface area contributed by atoms with Crippen molar-refractivity contribution in [3.8, 4) is 0 Å². The van der Waals surface area contributed by atoms with E-state index < -0.39 is 14.6 Å². The molecule has 4 heteroatoms. The number of halogens is 1. The van der Waals surface area contributed by atoms with Crippen molar-refractivity contribution in [1.29, 1.82) is 0 Å². The smallest absolute Gasteiger partial charge is 0.153 e. The van der Waals surface area contributed by atoms with Crippen LogP contribution >= 0.6 is 15.9 Å². The Hall–Kier alpha value is -0.350. The minimum atomic E-state index is -3.08. The second kappa shape index (κ2) is 5.11. The quantitative estimate of drug-likeness (QED) is 0.799. The Labute approximate surface area is 112 Å². The van der Waals surface area contributed by atoms with Crippen LogP contribution in [-0.2, 0) is 16.3 Å². The van der Waals surface area contributed by atoms with Gasteiger partial charge in [-0.25, -0.2) is 8.42 Å². The van der Waals surface area contributed by atoms with E-state index in [0.717, 1.165) is 5.56 Å². The van der Waals surface area contributed by atoms with Gasteiger partial charge in [0.05, 0.1) is 4.75 Å². The maximum Gasteiger partial charge on any atom is 0.153 e. The SMILES string of the molecule is Cc1ccc(CC(Br)C(C)(C)S(C)(=O)=O)cc1. The molecule has 0 aliphatic rings. The van der Waals surface area contributed by atoms with Crippen LogP contribution in [0.1, 0.15) is 25.0 Å². The molecule has 1 aromatic carbocycles. The molecule has 1 aromatic rings. The standard InChI is InChI=1S/C13H19BrO2S/c1-10-5-7-11(8-6-10)9-12(14)13(2,3)17(4,15)16/h5-8,12H,9H2,1-4H3. The van der Waals surface area contributed by atoms with Gasteiger partial charge in [-0.2, -0.15) is 0 Å². The van der Waals surface area contributed by atoms with Gasteiger partial charge in [0.25, 0.3) is 0 Å². The maximum absolute atomic E-state index is 11.7. The Morgan fingerprint density at radius 1 is 1.24 bits per heavy atom. The molecule has 0 N–H and O–H groups in total. The summed E-state index contributed by atoms with van der Waals surface area (Å²) in [6.45, 7) is 5.56. The van der Waals surface area contributed by atoms with E-state index in [1.54, 1.807) is 13.8 Å². The second-order valence-corrected chi connectivity index (χ2v) is 8.73. The highest BCUT2D eigenvalue weighted by Crippen LogP contribution is 2.28.